The fraction of sp³-hybridized carbons (Fsp3) is 0.667. The van der Waals surface area contributed by atoms with E-state index in [4.69, 9.17) is 25.6 Å². The van der Waals surface area contributed by atoms with Gasteiger partial charge in [0.2, 0.25) is 0 Å². The van der Waals surface area contributed by atoms with Crippen molar-refractivity contribution in [2.75, 3.05) is 20.8 Å². The first-order valence-corrected chi connectivity index (χ1v) is 16.4. The second-order valence-corrected chi connectivity index (χ2v) is 19.2. The Morgan fingerprint density at radius 1 is 1.08 bits per heavy atom. The molecule has 1 saturated carbocycles. The van der Waals surface area contributed by atoms with Gasteiger partial charge in [-0.1, -0.05) is 60.6 Å². The Morgan fingerprint density at radius 3 is 2.13 bits per heavy atom. The van der Waals surface area contributed by atoms with Gasteiger partial charge < -0.3 is 9.16 Å². The molecular weight excluding hydrogens is 532 g/mol. The Morgan fingerprint density at radius 2 is 1.64 bits per heavy atom. The smallest absolute Gasteiger partial charge is 0.418 e. The lowest BCUT2D eigenvalue weighted by Gasteiger charge is -2.43. The second kappa shape index (κ2) is 10.8. The van der Waals surface area contributed by atoms with Crippen LogP contribution in [-0.4, -0.2) is 61.2 Å². The van der Waals surface area contributed by atoms with Crippen molar-refractivity contribution < 1.29 is 23.6 Å². The van der Waals surface area contributed by atoms with E-state index in [-0.39, 0.29) is 11.8 Å². The highest BCUT2D eigenvalue weighted by molar-refractivity contribution is 6.77. The summed E-state index contributed by atoms with van der Waals surface area (Å²) in [6, 6.07) is 7.67. The Labute approximate surface area is 240 Å². The molecule has 218 valence electrons. The highest BCUT2D eigenvalue weighted by Crippen LogP contribution is 2.73. The molecular formula is C30H47ClN2O5Si. The summed E-state index contributed by atoms with van der Waals surface area (Å²) in [4.78, 5) is 30.7. The molecule has 1 amide bonds. The van der Waals surface area contributed by atoms with E-state index in [1.165, 1.54) is 16.7 Å². The summed E-state index contributed by atoms with van der Waals surface area (Å²) in [6.07, 6.45) is 1.26. The van der Waals surface area contributed by atoms with E-state index in [1.54, 1.807) is 13.2 Å². The molecule has 0 saturated heterocycles. The van der Waals surface area contributed by atoms with Gasteiger partial charge in [-0.2, -0.15) is 0 Å². The van der Waals surface area contributed by atoms with Crippen LogP contribution >= 0.6 is 11.6 Å². The van der Waals surface area contributed by atoms with Crippen molar-refractivity contribution in [1.82, 2.24) is 9.63 Å². The van der Waals surface area contributed by atoms with Crippen LogP contribution in [0.2, 0.25) is 16.6 Å². The van der Waals surface area contributed by atoms with Crippen LogP contribution in [0.5, 0.6) is 0 Å². The first kappa shape index (κ1) is 31.7. The Balaban J connectivity index is 2.11. The van der Waals surface area contributed by atoms with Crippen LogP contribution in [0.25, 0.3) is 10.9 Å². The summed E-state index contributed by atoms with van der Waals surface area (Å²) < 4.78 is 14.2. The first-order valence-electron chi connectivity index (χ1n) is 13.9. The molecule has 9 heteroatoms. The molecule has 1 fully saturated rings. The quantitative estimate of drug-likeness (QED) is 0.173. The lowest BCUT2D eigenvalue weighted by atomic mass is 9.99. The number of carbonyl (C=O) groups is 2. The number of carbonyl (C=O) groups excluding carboxylic acids is 2. The standard InChI is InChI=1S/C30H47ClN2O5Si/c1-19(2)39(20(3)4,21(5)6)37-18-29(10)25(30(29,31)26(34)32(11)36-12)23-14-13-15-24-22(23)16-17-33(24)27(35)38-28(7,8)9/h13-17,19-21,25H,18H2,1-12H3/t25-,29-,30+/m0/s1. The maximum Gasteiger partial charge on any atom is 0.418 e. The van der Waals surface area contributed by atoms with Crippen molar-refractivity contribution in [3.05, 3.63) is 36.0 Å². The Bertz CT molecular complexity index is 1200. The van der Waals surface area contributed by atoms with Crippen LogP contribution < -0.4 is 0 Å². The van der Waals surface area contributed by atoms with Crippen molar-refractivity contribution in [1.29, 1.82) is 0 Å². The number of hydrogen-bond donors (Lipinski definition) is 0. The molecule has 7 nitrogen and oxygen atoms in total. The van der Waals surface area contributed by atoms with E-state index in [1.807, 2.05) is 52.0 Å². The van der Waals surface area contributed by atoms with Gasteiger partial charge in [0.25, 0.3) is 5.91 Å². The number of ether oxygens (including phenoxy) is 1. The van der Waals surface area contributed by atoms with Crippen molar-refractivity contribution in [3.8, 4) is 0 Å². The summed E-state index contributed by atoms with van der Waals surface area (Å²) in [7, 11) is 0.811. The van der Waals surface area contributed by atoms with E-state index >= 15 is 0 Å². The summed E-state index contributed by atoms with van der Waals surface area (Å²) in [5.74, 6) is -0.662. The second-order valence-electron chi connectivity index (χ2n) is 13.1. The van der Waals surface area contributed by atoms with Gasteiger partial charge in [0.05, 0.1) is 12.6 Å². The molecule has 3 atom stereocenters. The average Bonchev–Trinajstić information content (AvgIpc) is 3.11. The zero-order valence-electron chi connectivity index (χ0n) is 25.7. The molecule has 3 rings (SSSR count). The van der Waals surface area contributed by atoms with E-state index in [0.29, 0.717) is 28.7 Å². The lowest BCUT2D eigenvalue weighted by Crippen LogP contribution is -2.49. The van der Waals surface area contributed by atoms with E-state index < -0.39 is 30.3 Å². The van der Waals surface area contributed by atoms with E-state index in [0.717, 1.165) is 10.9 Å². The number of alkyl halides is 1. The minimum atomic E-state index is -2.23. The molecule has 39 heavy (non-hydrogen) atoms. The van der Waals surface area contributed by atoms with E-state index in [2.05, 4.69) is 41.5 Å². The molecule has 0 aliphatic heterocycles. The SMILES string of the molecule is CON(C)C(=O)[C@]1(Cl)[C@@H](c2cccc3c2ccn3C(=O)OC(C)(C)C)[C@]1(C)CO[Si](C(C)C)(C(C)C)C(C)C. The van der Waals surface area contributed by atoms with Crippen LogP contribution in [-0.2, 0) is 18.8 Å². The summed E-state index contributed by atoms with van der Waals surface area (Å²) in [6.45, 7) is 21.4. The summed E-state index contributed by atoms with van der Waals surface area (Å²) >= 11 is 7.37. The number of halogens is 1. The molecule has 1 aromatic carbocycles. The number of hydrogen-bond acceptors (Lipinski definition) is 5. The normalized spacial score (nSPS) is 23.6. The molecule has 0 bridgehead atoms. The largest absolute Gasteiger partial charge is 0.443 e. The minimum Gasteiger partial charge on any atom is -0.443 e. The average molecular weight is 579 g/mol. The van der Waals surface area contributed by atoms with Gasteiger partial charge in [0, 0.05) is 36.6 Å². The van der Waals surface area contributed by atoms with Crippen LogP contribution in [0.3, 0.4) is 0 Å². The molecule has 0 N–H and O–H groups in total. The predicted octanol–water partition coefficient (Wildman–Crippen LogP) is 7.72. The summed E-state index contributed by atoms with van der Waals surface area (Å²) in [5.41, 5.74) is 1.47. The zero-order chi connectivity index (χ0) is 29.7. The van der Waals surface area contributed by atoms with Crippen molar-refractivity contribution in [2.24, 2.45) is 5.41 Å². The highest BCUT2D eigenvalue weighted by atomic mass is 35.5. The molecule has 2 aromatic rings. The van der Waals surface area contributed by atoms with Crippen molar-refractivity contribution in [3.63, 3.8) is 0 Å². The van der Waals surface area contributed by atoms with Gasteiger partial charge in [-0.15, -0.1) is 11.6 Å². The van der Waals surface area contributed by atoms with Crippen molar-refractivity contribution in [2.45, 2.75) is 102 Å². The number of hydroxylamine groups is 2. The highest BCUT2D eigenvalue weighted by Gasteiger charge is 2.79. The number of amides is 1. The molecule has 1 aromatic heterocycles. The fourth-order valence-corrected chi connectivity index (χ4v) is 12.9. The van der Waals surface area contributed by atoms with Crippen LogP contribution in [0.15, 0.2) is 30.5 Å². The van der Waals surface area contributed by atoms with E-state index in [9.17, 15) is 9.59 Å². The Hall–Kier alpha value is -1.87. The third kappa shape index (κ3) is 5.18. The summed E-state index contributed by atoms with van der Waals surface area (Å²) in [5, 5.41) is 2.06. The first-order chi connectivity index (χ1) is 17.9. The number of fused-ring (bicyclic) bond motifs is 1. The molecule has 1 aliphatic carbocycles. The van der Waals surface area contributed by atoms with Crippen LogP contribution in [0.4, 0.5) is 4.79 Å². The van der Waals surface area contributed by atoms with Gasteiger partial charge >= 0.3 is 6.09 Å². The molecule has 0 unspecified atom stereocenters. The minimum absolute atomic E-state index is 0.308. The number of rotatable bonds is 9. The molecule has 1 heterocycles. The topological polar surface area (TPSA) is 70.0 Å². The zero-order valence-corrected chi connectivity index (χ0v) is 27.5. The maximum absolute atomic E-state index is 13.7. The predicted molar refractivity (Wildman–Crippen MR) is 160 cm³/mol. The fourth-order valence-electron chi connectivity index (χ4n) is 6.75. The molecule has 0 spiro atoms. The molecule has 1 aliphatic rings. The van der Waals surface area contributed by atoms with Gasteiger partial charge in [0.1, 0.15) is 10.5 Å². The van der Waals surface area contributed by atoms with Gasteiger partial charge in [0.15, 0.2) is 8.32 Å². The number of aromatic nitrogens is 1. The third-order valence-corrected chi connectivity index (χ3v) is 15.5. The third-order valence-electron chi connectivity index (χ3n) is 8.65. The van der Waals surface area contributed by atoms with Gasteiger partial charge in [-0.25, -0.2) is 9.86 Å². The molecule has 0 radical (unpaired) electrons. The lowest BCUT2D eigenvalue weighted by molar-refractivity contribution is -0.170. The van der Waals surface area contributed by atoms with Crippen LogP contribution in [0, 0.1) is 5.41 Å². The maximum atomic E-state index is 13.7. The Kier molecular flexibility index (Phi) is 8.80. The van der Waals surface area contributed by atoms with Crippen LogP contribution in [0.1, 0.15) is 80.7 Å². The monoisotopic (exact) mass is 578 g/mol. The van der Waals surface area contributed by atoms with Gasteiger partial charge in [-0.05, 0) is 55.1 Å². The van der Waals surface area contributed by atoms with Crippen molar-refractivity contribution >= 4 is 42.8 Å². The van der Waals surface area contributed by atoms with Gasteiger partial charge in [-0.3, -0.25) is 14.2 Å². The number of nitrogens with zero attached hydrogens (tertiary/aromatic N) is 2. The number of benzene rings is 1.